The summed E-state index contributed by atoms with van der Waals surface area (Å²) in [6.45, 7) is 2.43. The molecule has 1 atom stereocenters. The van der Waals surface area contributed by atoms with Crippen molar-refractivity contribution in [3.63, 3.8) is 0 Å². The van der Waals surface area contributed by atoms with Gasteiger partial charge in [0.2, 0.25) is 0 Å². The van der Waals surface area contributed by atoms with Gasteiger partial charge in [-0.2, -0.15) is 8.78 Å². The molecule has 1 aliphatic carbocycles. The van der Waals surface area contributed by atoms with Crippen LogP contribution in [0.4, 0.5) is 8.78 Å². The van der Waals surface area contributed by atoms with Gasteiger partial charge < -0.3 is 4.74 Å². The van der Waals surface area contributed by atoms with Crippen molar-refractivity contribution < 1.29 is 13.5 Å². The van der Waals surface area contributed by atoms with E-state index in [1.54, 1.807) is 0 Å². The van der Waals surface area contributed by atoms with Crippen LogP contribution >= 0.6 is 0 Å². The molecular formula is C16H26F2O. The fraction of sp³-hybridized carbons (Fsp3) is 0.875. The number of alkyl halides is 2. The monoisotopic (exact) mass is 272 g/mol. The van der Waals surface area contributed by atoms with Crippen LogP contribution < -0.4 is 0 Å². The molecule has 1 heterocycles. The predicted octanol–water partition coefficient (Wildman–Crippen LogP) is 5.17. The Kier molecular flexibility index (Phi) is 5.37. The number of ether oxygens (including phenoxy) is 1. The molecule has 1 aliphatic heterocycles. The van der Waals surface area contributed by atoms with Crippen molar-refractivity contribution in [3.05, 3.63) is 12.2 Å². The van der Waals surface area contributed by atoms with Crippen LogP contribution in [0.3, 0.4) is 0 Å². The highest BCUT2D eigenvalue weighted by molar-refractivity contribution is 4.96. The zero-order chi connectivity index (χ0) is 13.7. The molecule has 110 valence electrons. The SMILES string of the molecule is CCCC1CCC(/C=C/C2CCC(F)(F)OC2)CC1. The van der Waals surface area contributed by atoms with Crippen LogP contribution in [0.15, 0.2) is 12.2 Å². The van der Waals surface area contributed by atoms with E-state index >= 15 is 0 Å². The molecular weight excluding hydrogens is 246 g/mol. The van der Waals surface area contributed by atoms with Crippen LogP contribution in [-0.4, -0.2) is 12.7 Å². The van der Waals surface area contributed by atoms with Gasteiger partial charge in [0.1, 0.15) is 0 Å². The van der Waals surface area contributed by atoms with Crippen molar-refractivity contribution >= 4 is 0 Å². The third-order valence-corrected chi connectivity index (χ3v) is 4.56. The molecule has 2 fully saturated rings. The van der Waals surface area contributed by atoms with Gasteiger partial charge in [-0.05, 0) is 43.9 Å². The molecule has 0 aromatic carbocycles. The van der Waals surface area contributed by atoms with Gasteiger partial charge in [0.05, 0.1) is 6.61 Å². The van der Waals surface area contributed by atoms with E-state index in [4.69, 9.17) is 0 Å². The summed E-state index contributed by atoms with van der Waals surface area (Å²) >= 11 is 0. The smallest absolute Gasteiger partial charge is 0.320 e. The Morgan fingerprint density at radius 3 is 2.32 bits per heavy atom. The molecule has 0 amide bonds. The largest absolute Gasteiger partial charge is 0.355 e. The summed E-state index contributed by atoms with van der Waals surface area (Å²) in [6.07, 6.45) is 9.78. The maximum Gasteiger partial charge on any atom is 0.355 e. The second-order valence-corrected chi connectivity index (χ2v) is 6.20. The van der Waals surface area contributed by atoms with Gasteiger partial charge in [-0.1, -0.05) is 31.9 Å². The second-order valence-electron chi connectivity index (χ2n) is 6.20. The number of halogens is 2. The first kappa shape index (κ1) is 15.0. The Bertz CT molecular complexity index is 283. The quantitative estimate of drug-likeness (QED) is 0.642. The van der Waals surface area contributed by atoms with Crippen molar-refractivity contribution in [2.24, 2.45) is 17.8 Å². The van der Waals surface area contributed by atoms with Crippen molar-refractivity contribution in [2.75, 3.05) is 6.61 Å². The van der Waals surface area contributed by atoms with Gasteiger partial charge in [0.15, 0.2) is 0 Å². The van der Waals surface area contributed by atoms with Gasteiger partial charge in [0, 0.05) is 12.3 Å². The molecule has 1 unspecified atom stereocenters. The lowest BCUT2D eigenvalue weighted by atomic mass is 9.79. The summed E-state index contributed by atoms with van der Waals surface area (Å²) in [5.74, 6) is 1.77. The normalized spacial score (nSPS) is 35.6. The highest BCUT2D eigenvalue weighted by Gasteiger charge is 2.35. The molecule has 2 aliphatic rings. The summed E-state index contributed by atoms with van der Waals surface area (Å²) in [5.41, 5.74) is 0. The van der Waals surface area contributed by atoms with Gasteiger partial charge in [-0.15, -0.1) is 0 Å². The fourth-order valence-electron chi connectivity index (χ4n) is 3.28. The Morgan fingerprint density at radius 1 is 1.05 bits per heavy atom. The van der Waals surface area contributed by atoms with Crippen LogP contribution in [0.2, 0.25) is 0 Å². The van der Waals surface area contributed by atoms with Gasteiger partial charge in [-0.3, -0.25) is 0 Å². The summed E-state index contributed by atoms with van der Waals surface area (Å²) in [7, 11) is 0. The van der Waals surface area contributed by atoms with Crippen molar-refractivity contribution in [3.8, 4) is 0 Å². The first-order chi connectivity index (χ1) is 9.09. The molecule has 19 heavy (non-hydrogen) atoms. The number of hydrogen-bond donors (Lipinski definition) is 0. The first-order valence-electron chi connectivity index (χ1n) is 7.79. The fourth-order valence-corrected chi connectivity index (χ4v) is 3.28. The maximum absolute atomic E-state index is 12.8. The zero-order valence-corrected chi connectivity index (χ0v) is 11.9. The van der Waals surface area contributed by atoms with Crippen LogP contribution in [0.1, 0.15) is 58.3 Å². The highest BCUT2D eigenvalue weighted by atomic mass is 19.3. The van der Waals surface area contributed by atoms with Gasteiger partial charge in [0.25, 0.3) is 0 Å². The van der Waals surface area contributed by atoms with E-state index in [0.29, 0.717) is 12.3 Å². The Morgan fingerprint density at radius 2 is 1.74 bits per heavy atom. The van der Waals surface area contributed by atoms with Crippen molar-refractivity contribution in [1.82, 2.24) is 0 Å². The van der Waals surface area contributed by atoms with Crippen LogP contribution in [0.25, 0.3) is 0 Å². The topological polar surface area (TPSA) is 9.23 Å². The Balaban J connectivity index is 1.69. The third-order valence-electron chi connectivity index (χ3n) is 4.56. The molecule has 0 spiro atoms. The Hall–Kier alpha value is -0.440. The first-order valence-corrected chi connectivity index (χ1v) is 7.79. The van der Waals surface area contributed by atoms with E-state index in [-0.39, 0.29) is 18.9 Å². The van der Waals surface area contributed by atoms with Crippen LogP contribution in [0.5, 0.6) is 0 Å². The molecule has 3 heteroatoms. The number of allylic oxidation sites excluding steroid dienone is 1. The molecule has 1 saturated heterocycles. The lowest BCUT2D eigenvalue weighted by molar-refractivity contribution is -0.264. The summed E-state index contributed by atoms with van der Waals surface area (Å²) in [4.78, 5) is 0. The van der Waals surface area contributed by atoms with Crippen molar-refractivity contribution in [1.29, 1.82) is 0 Å². The number of rotatable bonds is 4. The molecule has 0 N–H and O–H groups in total. The highest BCUT2D eigenvalue weighted by Crippen LogP contribution is 2.34. The molecule has 1 nitrogen and oxygen atoms in total. The minimum atomic E-state index is -2.89. The third kappa shape index (κ3) is 4.87. The summed E-state index contributed by atoms with van der Waals surface area (Å²) in [5, 5.41) is 0. The molecule has 1 saturated carbocycles. The van der Waals surface area contributed by atoms with Crippen LogP contribution in [0, 0.1) is 17.8 Å². The van der Waals surface area contributed by atoms with Gasteiger partial charge in [-0.25, -0.2) is 0 Å². The number of hydrogen-bond acceptors (Lipinski definition) is 1. The molecule has 0 radical (unpaired) electrons. The maximum atomic E-state index is 12.8. The molecule has 2 rings (SSSR count). The zero-order valence-electron chi connectivity index (χ0n) is 11.9. The minimum absolute atomic E-state index is 0.134. The average Bonchev–Trinajstić information content (AvgIpc) is 2.40. The van der Waals surface area contributed by atoms with Crippen LogP contribution in [-0.2, 0) is 4.74 Å². The molecule has 0 aromatic heterocycles. The molecule has 0 bridgehead atoms. The summed E-state index contributed by atoms with van der Waals surface area (Å²) < 4.78 is 30.3. The lowest BCUT2D eigenvalue weighted by Crippen LogP contribution is -2.30. The lowest BCUT2D eigenvalue weighted by Gasteiger charge is -2.28. The van der Waals surface area contributed by atoms with Gasteiger partial charge >= 0.3 is 6.11 Å². The van der Waals surface area contributed by atoms with E-state index in [0.717, 1.165) is 5.92 Å². The van der Waals surface area contributed by atoms with E-state index in [9.17, 15) is 8.78 Å². The van der Waals surface area contributed by atoms with E-state index < -0.39 is 6.11 Å². The second kappa shape index (κ2) is 6.83. The van der Waals surface area contributed by atoms with E-state index in [1.165, 1.54) is 38.5 Å². The van der Waals surface area contributed by atoms with Crippen molar-refractivity contribution in [2.45, 2.75) is 64.4 Å². The van der Waals surface area contributed by atoms with E-state index in [1.807, 2.05) is 0 Å². The standard InChI is InChI=1S/C16H26F2O/c1-2-3-13-4-6-14(7-5-13)8-9-15-10-11-16(17,18)19-12-15/h8-9,13-15H,2-7,10-12H2,1H3/b9-8+. The summed E-state index contributed by atoms with van der Waals surface area (Å²) in [6, 6.07) is 0. The minimum Gasteiger partial charge on any atom is -0.320 e. The van der Waals surface area contributed by atoms with E-state index in [2.05, 4.69) is 23.8 Å². The Labute approximate surface area is 115 Å². The molecule has 0 aromatic rings. The average molecular weight is 272 g/mol. The predicted molar refractivity (Wildman–Crippen MR) is 73.1 cm³/mol.